The summed E-state index contributed by atoms with van der Waals surface area (Å²) in [6.07, 6.45) is 0. The summed E-state index contributed by atoms with van der Waals surface area (Å²) in [7, 11) is -5.31. The predicted molar refractivity (Wildman–Crippen MR) is 60.1 cm³/mol. The number of nitrogens with two attached hydrogens (primary N) is 1. The van der Waals surface area contributed by atoms with Crippen LogP contribution in [-0.2, 0) is 9.84 Å². The van der Waals surface area contributed by atoms with Gasteiger partial charge in [0.1, 0.15) is 0 Å². The number of halogens is 3. The molecule has 0 aliphatic rings. The lowest BCUT2D eigenvalue weighted by Gasteiger charge is -2.09. The van der Waals surface area contributed by atoms with E-state index in [9.17, 15) is 21.6 Å². The number of sulfone groups is 1. The lowest BCUT2D eigenvalue weighted by Crippen LogP contribution is -2.23. The number of anilines is 1. The van der Waals surface area contributed by atoms with Gasteiger partial charge in [0, 0.05) is 5.69 Å². The topological polar surface area (TPSA) is 72.2 Å². The van der Waals surface area contributed by atoms with Gasteiger partial charge in [-0.1, -0.05) is 0 Å². The van der Waals surface area contributed by atoms with Gasteiger partial charge in [-0.2, -0.15) is 13.2 Å². The number of rotatable bonds is 2. The van der Waals surface area contributed by atoms with Crippen molar-refractivity contribution in [3.05, 3.63) is 24.3 Å². The molecule has 0 aliphatic heterocycles. The molecule has 0 heterocycles. The monoisotopic (exact) mass is 284 g/mol. The molecule has 0 aliphatic carbocycles. The van der Waals surface area contributed by atoms with Crippen molar-refractivity contribution in [1.29, 1.82) is 0 Å². The van der Waals surface area contributed by atoms with E-state index in [2.05, 4.69) is 17.5 Å². The normalized spacial score (nSPS) is 12.2. The standard InChI is InChI=1S/C8H7F3N2O2S2/c9-8(10,11)17(14,15)6-3-1-5(2-4-6)13-7(12)16/h1-4H,(H3,12,13,16). The van der Waals surface area contributed by atoms with E-state index in [0.29, 0.717) is 5.69 Å². The Kier molecular flexibility index (Phi) is 3.62. The van der Waals surface area contributed by atoms with Gasteiger partial charge in [-0.05, 0) is 36.5 Å². The van der Waals surface area contributed by atoms with Crippen LogP contribution in [0, 0.1) is 0 Å². The average molecular weight is 284 g/mol. The van der Waals surface area contributed by atoms with Crippen LogP contribution in [0.15, 0.2) is 29.2 Å². The van der Waals surface area contributed by atoms with E-state index >= 15 is 0 Å². The smallest absolute Gasteiger partial charge is 0.376 e. The zero-order chi connectivity index (χ0) is 13.3. The van der Waals surface area contributed by atoms with E-state index in [-0.39, 0.29) is 5.11 Å². The van der Waals surface area contributed by atoms with Crippen LogP contribution in [0.25, 0.3) is 0 Å². The van der Waals surface area contributed by atoms with E-state index < -0.39 is 20.2 Å². The van der Waals surface area contributed by atoms with Crippen LogP contribution < -0.4 is 11.1 Å². The van der Waals surface area contributed by atoms with E-state index in [1.54, 1.807) is 0 Å². The van der Waals surface area contributed by atoms with Crippen molar-refractivity contribution < 1.29 is 21.6 Å². The fourth-order valence-corrected chi connectivity index (χ4v) is 1.87. The Balaban J connectivity index is 3.08. The molecule has 94 valence electrons. The Morgan fingerprint density at radius 3 is 2.06 bits per heavy atom. The van der Waals surface area contributed by atoms with Crippen LogP contribution in [0.2, 0.25) is 0 Å². The molecule has 0 bridgehead atoms. The lowest BCUT2D eigenvalue weighted by atomic mass is 10.3. The predicted octanol–water partition coefficient (Wildman–Crippen LogP) is 1.64. The minimum atomic E-state index is -5.31. The zero-order valence-corrected chi connectivity index (χ0v) is 9.79. The van der Waals surface area contributed by atoms with Gasteiger partial charge in [0.25, 0.3) is 9.84 Å². The van der Waals surface area contributed by atoms with Gasteiger partial charge in [-0.25, -0.2) is 8.42 Å². The molecule has 0 fully saturated rings. The first-order valence-electron chi connectivity index (χ1n) is 4.12. The summed E-state index contributed by atoms with van der Waals surface area (Å²) >= 11 is 4.51. The molecule has 1 rings (SSSR count). The summed E-state index contributed by atoms with van der Waals surface area (Å²) in [5.41, 5.74) is 0.130. The fraction of sp³-hybridized carbons (Fsp3) is 0.125. The number of hydrogen-bond donors (Lipinski definition) is 2. The Morgan fingerprint density at radius 2 is 1.71 bits per heavy atom. The summed E-state index contributed by atoms with van der Waals surface area (Å²) in [6, 6.07) is 3.92. The summed E-state index contributed by atoms with van der Waals surface area (Å²) in [5, 5.41) is 2.38. The highest BCUT2D eigenvalue weighted by atomic mass is 32.2. The van der Waals surface area contributed by atoms with Crippen molar-refractivity contribution in [1.82, 2.24) is 0 Å². The van der Waals surface area contributed by atoms with E-state index in [1.807, 2.05) is 0 Å². The Morgan fingerprint density at radius 1 is 1.24 bits per heavy atom. The van der Waals surface area contributed by atoms with Crippen molar-refractivity contribution in [2.75, 3.05) is 5.32 Å². The minimum Gasteiger partial charge on any atom is -0.376 e. The number of nitrogens with one attached hydrogen (secondary N) is 1. The molecule has 1 aromatic rings. The first kappa shape index (κ1) is 13.7. The molecule has 1 aromatic carbocycles. The van der Waals surface area contributed by atoms with Gasteiger partial charge < -0.3 is 11.1 Å². The highest BCUT2D eigenvalue weighted by Gasteiger charge is 2.46. The largest absolute Gasteiger partial charge is 0.501 e. The molecule has 3 N–H and O–H groups in total. The first-order chi connectivity index (χ1) is 7.64. The third-order valence-electron chi connectivity index (χ3n) is 1.74. The van der Waals surface area contributed by atoms with Crippen LogP contribution in [0.3, 0.4) is 0 Å². The fourth-order valence-electron chi connectivity index (χ4n) is 0.993. The van der Waals surface area contributed by atoms with Crippen LogP contribution >= 0.6 is 12.2 Å². The van der Waals surface area contributed by atoms with Gasteiger partial charge in [0.2, 0.25) is 0 Å². The van der Waals surface area contributed by atoms with Crippen molar-refractivity contribution >= 4 is 32.9 Å². The number of hydrogen-bond acceptors (Lipinski definition) is 3. The Labute approximate surface area is 101 Å². The van der Waals surface area contributed by atoms with Gasteiger partial charge in [0.15, 0.2) is 5.11 Å². The SMILES string of the molecule is NC(=S)Nc1ccc(S(=O)(=O)C(F)(F)F)cc1. The van der Waals surface area contributed by atoms with Crippen molar-refractivity contribution in [2.24, 2.45) is 5.73 Å². The second kappa shape index (κ2) is 4.49. The van der Waals surface area contributed by atoms with Crippen molar-refractivity contribution in [2.45, 2.75) is 10.4 Å². The molecule has 0 atom stereocenters. The van der Waals surface area contributed by atoms with Crippen molar-refractivity contribution in [3.8, 4) is 0 Å². The molecule has 17 heavy (non-hydrogen) atoms. The maximum absolute atomic E-state index is 12.2. The van der Waals surface area contributed by atoms with Crippen LogP contribution in [0.1, 0.15) is 0 Å². The average Bonchev–Trinajstić information content (AvgIpc) is 2.15. The molecular formula is C8H7F3N2O2S2. The second-order valence-corrected chi connectivity index (χ2v) is 5.34. The lowest BCUT2D eigenvalue weighted by molar-refractivity contribution is -0.0436. The molecule has 9 heteroatoms. The summed E-state index contributed by atoms with van der Waals surface area (Å²) < 4.78 is 58.5. The molecule has 0 unspecified atom stereocenters. The first-order valence-corrected chi connectivity index (χ1v) is 6.01. The minimum absolute atomic E-state index is 0.0728. The van der Waals surface area contributed by atoms with Crippen LogP contribution in [-0.4, -0.2) is 19.0 Å². The zero-order valence-electron chi connectivity index (χ0n) is 8.15. The highest BCUT2D eigenvalue weighted by molar-refractivity contribution is 7.92. The summed E-state index contributed by atoms with van der Waals surface area (Å²) in [4.78, 5) is -0.835. The number of alkyl halides is 3. The molecule has 0 aromatic heterocycles. The van der Waals surface area contributed by atoms with E-state index in [1.165, 1.54) is 0 Å². The van der Waals surface area contributed by atoms with Gasteiger partial charge >= 0.3 is 5.51 Å². The molecule has 0 spiro atoms. The van der Waals surface area contributed by atoms with E-state index in [4.69, 9.17) is 5.73 Å². The molecule has 0 saturated heterocycles. The van der Waals surface area contributed by atoms with E-state index in [0.717, 1.165) is 24.3 Å². The molecule has 0 amide bonds. The molecule has 0 radical (unpaired) electrons. The maximum atomic E-state index is 12.2. The third-order valence-corrected chi connectivity index (χ3v) is 3.34. The third kappa shape index (κ3) is 3.07. The second-order valence-electron chi connectivity index (χ2n) is 2.96. The quantitative estimate of drug-likeness (QED) is 0.808. The van der Waals surface area contributed by atoms with Gasteiger partial charge in [0.05, 0.1) is 4.90 Å². The molecule has 4 nitrogen and oxygen atoms in total. The number of benzene rings is 1. The van der Waals surface area contributed by atoms with Crippen LogP contribution in [0.4, 0.5) is 18.9 Å². The molecular weight excluding hydrogens is 277 g/mol. The highest BCUT2D eigenvalue weighted by Crippen LogP contribution is 2.30. The maximum Gasteiger partial charge on any atom is 0.501 e. The van der Waals surface area contributed by atoms with Gasteiger partial charge in [-0.15, -0.1) is 0 Å². The molecule has 0 saturated carbocycles. The number of thiocarbonyl (C=S) groups is 1. The summed E-state index contributed by atoms with van der Waals surface area (Å²) in [5.74, 6) is 0. The van der Waals surface area contributed by atoms with Crippen molar-refractivity contribution in [3.63, 3.8) is 0 Å². The van der Waals surface area contributed by atoms with Crippen LogP contribution in [0.5, 0.6) is 0 Å². The Hall–Kier alpha value is -1.35. The van der Waals surface area contributed by atoms with Gasteiger partial charge in [-0.3, -0.25) is 0 Å². The Bertz CT molecular complexity index is 523. The summed E-state index contributed by atoms with van der Waals surface area (Å²) in [6.45, 7) is 0.